The van der Waals surface area contributed by atoms with Crippen molar-refractivity contribution < 1.29 is 9.59 Å². The van der Waals surface area contributed by atoms with Gasteiger partial charge in [0.1, 0.15) is 5.69 Å². The van der Waals surface area contributed by atoms with Crippen LogP contribution >= 0.6 is 0 Å². The summed E-state index contributed by atoms with van der Waals surface area (Å²) in [5.41, 5.74) is 3.13. The van der Waals surface area contributed by atoms with Crippen molar-refractivity contribution in [1.82, 2.24) is 20.0 Å². The summed E-state index contributed by atoms with van der Waals surface area (Å²) in [6.07, 6.45) is 2.55. The molecule has 6 nitrogen and oxygen atoms in total. The van der Waals surface area contributed by atoms with Crippen LogP contribution in [0.2, 0.25) is 0 Å². The summed E-state index contributed by atoms with van der Waals surface area (Å²) in [6, 6.07) is 21.8. The summed E-state index contributed by atoms with van der Waals surface area (Å²) in [7, 11) is 0. The number of carbonyl (C=O) groups excluding carboxylic acids is 2. The molecule has 1 aromatic heterocycles. The molecule has 2 heterocycles. The molecule has 0 fully saturated rings. The molecule has 6 heteroatoms. The molecule has 4 rings (SSSR count). The Labute approximate surface area is 182 Å². The first-order chi connectivity index (χ1) is 15.1. The number of amides is 2. The van der Waals surface area contributed by atoms with Gasteiger partial charge in [0.15, 0.2) is 5.69 Å². The van der Waals surface area contributed by atoms with Gasteiger partial charge in [0.2, 0.25) is 0 Å². The van der Waals surface area contributed by atoms with E-state index in [1.807, 2.05) is 60.4 Å². The summed E-state index contributed by atoms with van der Waals surface area (Å²) in [4.78, 5) is 27.7. The van der Waals surface area contributed by atoms with Crippen molar-refractivity contribution in [2.45, 2.75) is 45.3 Å². The molecular weight excluding hydrogens is 388 g/mol. The molecule has 0 radical (unpaired) electrons. The average molecular weight is 417 g/mol. The minimum atomic E-state index is -0.233. The van der Waals surface area contributed by atoms with Crippen molar-refractivity contribution in [2.24, 2.45) is 0 Å². The summed E-state index contributed by atoms with van der Waals surface area (Å²) >= 11 is 0. The van der Waals surface area contributed by atoms with E-state index in [2.05, 4.69) is 22.5 Å². The van der Waals surface area contributed by atoms with E-state index in [0.29, 0.717) is 31.0 Å². The molecule has 2 aromatic carbocycles. The lowest BCUT2D eigenvalue weighted by molar-refractivity contribution is 0.0745. The monoisotopic (exact) mass is 416 g/mol. The minimum absolute atomic E-state index is 0.0134. The van der Waals surface area contributed by atoms with Gasteiger partial charge in [-0.1, -0.05) is 60.7 Å². The predicted molar refractivity (Wildman–Crippen MR) is 120 cm³/mol. The summed E-state index contributed by atoms with van der Waals surface area (Å²) in [5.74, 6) is -0.312. The first-order valence-electron chi connectivity index (χ1n) is 10.9. The fraction of sp³-hybridized carbons (Fsp3) is 0.320. The van der Waals surface area contributed by atoms with E-state index in [1.165, 1.54) is 5.56 Å². The Bertz CT molecular complexity index is 1030. The molecule has 0 bridgehead atoms. The number of aryl methyl sites for hydroxylation is 2. The Hall–Kier alpha value is -3.41. The third kappa shape index (κ3) is 5.20. The summed E-state index contributed by atoms with van der Waals surface area (Å²) < 4.78 is 1.68. The van der Waals surface area contributed by atoms with Crippen LogP contribution < -0.4 is 5.32 Å². The maximum absolute atomic E-state index is 13.1. The number of aromatic nitrogens is 2. The highest BCUT2D eigenvalue weighted by molar-refractivity contribution is 5.98. The lowest BCUT2D eigenvalue weighted by Gasteiger charge is -2.20. The van der Waals surface area contributed by atoms with Gasteiger partial charge in [0.25, 0.3) is 11.8 Å². The van der Waals surface area contributed by atoms with Gasteiger partial charge in [-0.25, -0.2) is 0 Å². The third-order valence-corrected chi connectivity index (χ3v) is 5.62. The molecule has 1 aliphatic rings. The van der Waals surface area contributed by atoms with Crippen LogP contribution in [0.5, 0.6) is 0 Å². The van der Waals surface area contributed by atoms with Gasteiger partial charge in [-0.05, 0) is 37.3 Å². The zero-order valence-electron chi connectivity index (χ0n) is 17.8. The van der Waals surface area contributed by atoms with Crippen molar-refractivity contribution in [3.05, 3.63) is 89.2 Å². The number of nitrogens with one attached hydrogen (secondary N) is 1. The highest BCUT2D eigenvalue weighted by Gasteiger charge is 2.26. The van der Waals surface area contributed by atoms with E-state index in [4.69, 9.17) is 0 Å². The van der Waals surface area contributed by atoms with Crippen molar-refractivity contribution in [1.29, 1.82) is 0 Å². The lowest BCUT2D eigenvalue weighted by atomic mass is 10.1. The van der Waals surface area contributed by atoms with Crippen LogP contribution in [0.1, 0.15) is 51.9 Å². The van der Waals surface area contributed by atoms with Gasteiger partial charge in [0, 0.05) is 31.7 Å². The molecule has 0 saturated heterocycles. The third-order valence-electron chi connectivity index (χ3n) is 5.62. The van der Waals surface area contributed by atoms with Crippen molar-refractivity contribution >= 4 is 11.8 Å². The molecule has 1 N–H and O–H groups in total. The molecular formula is C25H28N4O2. The fourth-order valence-electron chi connectivity index (χ4n) is 3.90. The number of hydrogen-bond donors (Lipinski definition) is 1. The zero-order chi connectivity index (χ0) is 21.6. The van der Waals surface area contributed by atoms with E-state index >= 15 is 0 Å². The lowest BCUT2D eigenvalue weighted by Crippen LogP contribution is -2.33. The second-order valence-electron chi connectivity index (χ2n) is 8.10. The van der Waals surface area contributed by atoms with E-state index in [1.54, 1.807) is 10.7 Å². The highest BCUT2D eigenvalue weighted by atomic mass is 16.2. The first kappa shape index (κ1) is 20.8. The van der Waals surface area contributed by atoms with Crippen LogP contribution in [0.3, 0.4) is 0 Å². The van der Waals surface area contributed by atoms with Gasteiger partial charge in [-0.15, -0.1) is 0 Å². The van der Waals surface area contributed by atoms with Crippen molar-refractivity contribution in [2.75, 3.05) is 6.54 Å². The molecule has 31 heavy (non-hydrogen) atoms. The largest absolute Gasteiger partial charge is 0.348 e. The fourth-order valence-corrected chi connectivity index (χ4v) is 3.90. The number of hydrogen-bond acceptors (Lipinski definition) is 3. The van der Waals surface area contributed by atoms with E-state index < -0.39 is 0 Å². The van der Waals surface area contributed by atoms with Crippen LogP contribution in [0.15, 0.2) is 66.7 Å². The highest BCUT2D eigenvalue weighted by Crippen LogP contribution is 2.17. The van der Waals surface area contributed by atoms with Crippen molar-refractivity contribution in [3.63, 3.8) is 0 Å². The quantitative estimate of drug-likeness (QED) is 0.639. The van der Waals surface area contributed by atoms with Gasteiger partial charge in [0.05, 0.1) is 0 Å². The van der Waals surface area contributed by atoms with Crippen LogP contribution in [-0.4, -0.2) is 39.1 Å². The normalized spacial score (nSPS) is 14.6. The zero-order valence-corrected chi connectivity index (χ0v) is 17.8. The second kappa shape index (κ2) is 9.60. The molecule has 0 aliphatic carbocycles. The minimum Gasteiger partial charge on any atom is -0.348 e. The van der Waals surface area contributed by atoms with Gasteiger partial charge in [-0.3, -0.25) is 14.3 Å². The Balaban J connectivity index is 1.39. The van der Waals surface area contributed by atoms with E-state index in [9.17, 15) is 9.59 Å². The van der Waals surface area contributed by atoms with Crippen LogP contribution in [0.4, 0.5) is 0 Å². The summed E-state index contributed by atoms with van der Waals surface area (Å²) in [6.45, 7) is 3.86. The second-order valence-corrected chi connectivity index (χ2v) is 8.10. The first-order valence-corrected chi connectivity index (χ1v) is 10.9. The standard InChI is InChI=1S/C25H28N4O2/c1-19(13-14-20-9-4-2-5-10-20)26-24(30)22-17-23-25(31)28(15-8-16-29(23)27-22)18-21-11-6-3-7-12-21/h2-7,9-12,17,19H,8,13-16,18H2,1H3,(H,26,30). The Kier molecular flexibility index (Phi) is 6.46. The SMILES string of the molecule is CC(CCc1ccccc1)NC(=O)c1cc2n(n1)CCCN(Cc1ccccc1)C2=O. The smallest absolute Gasteiger partial charge is 0.272 e. The van der Waals surface area contributed by atoms with E-state index in [0.717, 1.165) is 24.8 Å². The molecule has 1 aliphatic heterocycles. The maximum atomic E-state index is 13.1. The molecule has 2 amide bonds. The number of fused-ring (bicyclic) bond motifs is 1. The van der Waals surface area contributed by atoms with Crippen LogP contribution in [0.25, 0.3) is 0 Å². The average Bonchev–Trinajstić information content (AvgIpc) is 3.16. The molecule has 1 atom stereocenters. The Morgan fingerprint density at radius 3 is 2.42 bits per heavy atom. The van der Waals surface area contributed by atoms with Gasteiger partial charge < -0.3 is 10.2 Å². The van der Waals surface area contributed by atoms with Crippen molar-refractivity contribution in [3.8, 4) is 0 Å². The number of nitrogens with zero attached hydrogens (tertiary/aromatic N) is 3. The predicted octanol–water partition coefficient (Wildman–Crippen LogP) is 3.68. The molecule has 3 aromatic rings. The van der Waals surface area contributed by atoms with E-state index in [-0.39, 0.29) is 17.9 Å². The maximum Gasteiger partial charge on any atom is 0.272 e. The van der Waals surface area contributed by atoms with Gasteiger partial charge in [-0.2, -0.15) is 5.10 Å². The van der Waals surface area contributed by atoms with Gasteiger partial charge >= 0.3 is 0 Å². The van der Waals surface area contributed by atoms with Crippen LogP contribution in [-0.2, 0) is 19.5 Å². The number of carbonyl (C=O) groups is 2. The topological polar surface area (TPSA) is 67.2 Å². The molecule has 0 spiro atoms. The van der Waals surface area contributed by atoms with Crippen LogP contribution in [0, 0.1) is 0 Å². The molecule has 1 unspecified atom stereocenters. The Morgan fingerprint density at radius 1 is 1.03 bits per heavy atom. The molecule has 0 saturated carbocycles. The number of rotatable bonds is 7. The summed E-state index contributed by atoms with van der Waals surface area (Å²) in [5, 5.41) is 7.45. The Morgan fingerprint density at radius 2 is 1.71 bits per heavy atom. The molecule has 160 valence electrons. The number of benzene rings is 2.